The van der Waals surface area contributed by atoms with Crippen molar-refractivity contribution in [2.45, 2.75) is 19.4 Å². The lowest BCUT2D eigenvalue weighted by Crippen LogP contribution is -2.19. The lowest BCUT2D eigenvalue weighted by molar-refractivity contribution is -0.137. The highest BCUT2D eigenvalue weighted by molar-refractivity contribution is 5.68. The van der Waals surface area contributed by atoms with Crippen LogP contribution in [0, 0.1) is 0 Å². The van der Waals surface area contributed by atoms with Gasteiger partial charge in [-0.2, -0.15) is 0 Å². The highest BCUT2D eigenvalue weighted by Gasteiger charge is 2.13. The Morgan fingerprint density at radius 2 is 2.31 bits per heavy atom. The summed E-state index contributed by atoms with van der Waals surface area (Å²) >= 11 is 0. The van der Waals surface area contributed by atoms with Crippen LogP contribution in [0.1, 0.15) is 24.9 Å². The smallest absolute Gasteiger partial charge is 0.305 e. The van der Waals surface area contributed by atoms with Crippen molar-refractivity contribution in [3.63, 3.8) is 0 Å². The predicted octanol–water partition coefficient (Wildman–Crippen LogP) is 1.82. The molecule has 1 unspecified atom stereocenters. The molecular weight excluding hydrogens is 206 g/mol. The van der Waals surface area contributed by atoms with Crippen LogP contribution in [-0.2, 0) is 4.79 Å². The van der Waals surface area contributed by atoms with E-state index in [4.69, 9.17) is 9.84 Å². The Bertz CT molecular complexity index is 352. The van der Waals surface area contributed by atoms with Crippen LogP contribution >= 0.6 is 0 Å². The standard InChI is InChI=1S/C12H17NO3/c1-3-16-10-6-4-5-9(7-10)11(13-2)8-12(14)15/h4-7,11,13H,3,8H2,1-2H3,(H,14,15). The maximum absolute atomic E-state index is 10.7. The summed E-state index contributed by atoms with van der Waals surface area (Å²) < 4.78 is 5.37. The van der Waals surface area contributed by atoms with Gasteiger partial charge in [-0.15, -0.1) is 0 Å². The van der Waals surface area contributed by atoms with Gasteiger partial charge in [0.1, 0.15) is 5.75 Å². The van der Waals surface area contributed by atoms with E-state index < -0.39 is 5.97 Å². The van der Waals surface area contributed by atoms with E-state index in [1.807, 2.05) is 31.2 Å². The van der Waals surface area contributed by atoms with Crippen LogP contribution in [0.4, 0.5) is 0 Å². The van der Waals surface area contributed by atoms with Gasteiger partial charge in [0.2, 0.25) is 0 Å². The van der Waals surface area contributed by atoms with Crippen molar-refractivity contribution in [1.82, 2.24) is 5.32 Å². The monoisotopic (exact) mass is 223 g/mol. The molecule has 1 aromatic rings. The van der Waals surface area contributed by atoms with Gasteiger partial charge in [-0.25, -0.2) is 0 Å². The van der Waals surface area contributed by atoms with Gasteiger partial charge in [0.25, 0.3) is 0 Å². The number of nitrogens with one attached hydrogen (secondary N) is 1. The summed E-state index contributed by atoms with van der Waals surface area (Å²) in [6.07, 6.45) is 0.0616. The molecule has 0 aliphatic carbocycles. The molecule has 0 radical (unpaired) electrons. The lowest BCUT2D eigenvalue weighted by atomic mass is 10.0. The molecule has 0 bridgehead atoms. The minimum Gasteiger partial charge on any atom is -0.494 e. The average Bonchev–Trinajstić information content (AvgIpc) is 2.26. The maximum atomic E-state index is 10.7. The molecule has 2 N–H and O–H groups in total. The Balaban J connectivity index is 2.83. The van der Waals surface area contributed by atoms with E-state index in [9.17, 15) is 4.79 Å². The van der Waals surface area contributed by atoms with Crippen LogP contribution in [-0.4, -0.2) is 24.7 Å². The fourth-order valence-electron chi connectivity index (χ4n) is 1.55. The van der Waals surface area contributed by atoms with Gasteiger partial charge in [0.15, 0.2) is 0 Å². The second-order valence-electron chi connectivity index (χ2n) is 3.44. The predicted molar refractivity (Wildman–Crippen MR) is 61.7 cm³/mol. The maximum Gasteiger partial charge on any atom is 0.305 e. The highest BCUT2D eigenvalue weighted by atomic mass is 16.5. The summed E-state index contributed by atoms with van der Waals surface area (Å²) in [5.74, 6) is -0.0493. The van der Waals surface area contributed by atoms with Crippen molar-refractivity contribution in [2.75, 3.05) is 13.7 Å². The number of benzene rings is 1. The summed E-state index contributed by atoms with van der Waals surface area (Å²) in [5.41, 5.74) is 0.927. The molecule has 88 valence electrons. The number of carboxylic acid groups (broad SMARTS) is 1. The Hall–Kier alpha value is -1.55. The third kappa shape index (κ3) is 3.55. The van der Waals surface area contributed by atoms with Crippen molar-refractivity contribution >= 4 is 5.97 Å². The van der Waals surface area contributed by atoms with Crippen molar-refractivity contribution in [3.05, 3.63) is 29.8 Å². The Kier molecular flexibility index (Phi) is 4.79. The summed E-state index contributed by atoms with van der Waals surface area (Å²) in [7, 11) is 1.75. The lowest BCUT2D eigenvalue weighted by Gasteiger charge is -2.15. The van der Waals surface area contributed by atoms with E-state index in [0.717, 1.165) is 11.3 Å². The average molecular weight is 223 g/mol. The van der Waals surface area contributed by atoms with Gasteiger partial charge >= 0.3 is 5.97 Å². The molecule has 4 nitrogen and oxygen atoms in total. The number of ether oxygens (including phenoxy) is 1. The fourth-order valence-corrected chi connectivity index (χ4v) is 1.55. The molecule has 0 aliphatic rings. The van der Waals surface area contributed by atoms with Gasteiger partial charge in [-0.05, 0) is 31.7 Å². The Morgan fingerprint density at radius 3 is 2.88 bits per heavy atom. The summed E-state index contributed by atoms with van der Waals surface area (Å²) in [4.78, 5) is 10.7. The topological polar surface area (TPSA) is 58.6 Å². The zero-order valence-corrected chi connectivity index (χ0v) is 9.56. The van der Waals surface area contributed by atoms with Gasteiger partial charge in [-0.1, -0.05) is 12.1 Å². The largest absolute Gasteiger partial charge is 0.494 e. The number of aliphatic carboxylic acids is 1. The first-order chi connectivity index (χ1) is 7.67. The molecule has 0 saturated carbocycles. The van der Waals surface area contributed by atoms with Gasteiger partial charge < -0.3 is 15.2 Å². The minimum atomic E-state index is -0.818. The summed E-state index contributed by atoms with van der Waals surface area (Å²) in [5, 5.41) is 11.8. The van der Waals surface area contributed by atoms with Crippen LogP contribution < -0.4 is 10.1 Å². The SMILES string of the molecule is CCOc1cccc(C(CC(=O)O)NC)c1. The normalized spacial score (nSPS) is 12.1. The quantitative estimate of drug-likeness (QED) is 0.772. The van der Waals surface area contributed by atoms with Gasteiger partial charge in [0, 0.05) is 6.04 Å². The first-order valence-electron chi connectivity index (χ1n) is 5.29. The van der Waals surface area contributed by atoms with E-state index in [0.29, 0.717) is 6.61 Å². The molecule has 1 aromatic carbocycles. The third-order valence-electron chi connectivity index (χ3n) is 2.30. The van der Waals surface area contributed by atoms with Gasteiger partial charge in [0.05, 0.1) is 13.0 Å². The van der Waals surface area contributed by atoms with Crippen molar-refractivity contribution < 1.29 is 14.6 Å². The summed E-state index contributed by atoms with van der Waals surface area (Å²) in [6.45, 7) is 2.52. The molecular formula is C12H17NO3. The number of rotatable bonds is 6. The van der Waals surface area contributed by atoms with Crippen LogP contribution in [0.5, 0.6) is 5.75 Å². The molecule has 0 heterocycles. The molecule has 16 heavy (non-hydrogen) atoms. The number of carbonyl (C=O) groups is 1. The summed E-state index contributed by atoms with van der Waals surface area (Å²) in [6, 6.07) is 7.31. The molecule has 0 saturated heterocycles. The molecule has 0 aliphatic heterocycles. The van der Waals surface area contributed by atoms with E-state index in [1.165, 1.54) is 0 Å². The Labute approximate surface area is 95.2 Å². The van der Waals surface area contributed by atoms with Crippen molar-refractivity contribution in [2.24, 2.45) is 0 Å². The minimum absolute atomic E-state index is 0.0616. The second-order valence-corrected chi connectivity index (χ2v) is 3.44. The Morgan fingerprint density at radius 1 is 1.56 bits per heavy atom. The highest BCUT2D eigenvalue weighted by Crippen LogP contribution is 2.21. The van der Waals surface area contributed by atoms with E-state index >= 15 is 0 Å². The second kappa shape index (κ2) is 6.12. The molecule has 0 fully saturated rings. The number of hydrogen-bond acceptors (Lipinski definition) is 3. The van der Waals surface area contributed by atoms with Crippen LogP contribution in [0.25, 0.3) is 0 Å². The van der Waals surface area contributed by atoms with Crippen LogP contribution in [0.15, 0.2) is 24.3 Å². The number of carboxylic acids is 1. The van der Waals surface area contributed by atoms with Crippen LogP contribution in [0.2, 0.25) is 0 Å². The van der Waals surface area contributed by atoms with Gasteiger partial charge in [-0.3, -0.25) is 4.79 Å². The molecule has 1 rings (SSSR count). The van der Waals surface area contributed by atoms with E-state index in [-0.39, 0.29) is 12.5 Å². The first kappa shape index (κ1) is 12.5. The third-order valence-corrected chi connectivity index (χ3v) is 2.30. The number of hydrogen-bond donors (Lipinski definition) is 2. The fraction of sp³-hybridized carbons (Fsp3) is 0.417. The molecule has 1 atom stereocenters. The molecule has 0 amide bonds. The zero-order chi connectivity index (χ0) is 12.0. The van der Waals surface area contributed by atoms with Crippen LogP contribution in [0.3, 0.4) is 0 Å². The first-order valence-corrected chi connectivity index (χ1v) is 5.29. The molecule has 0 spiro atoms. The zero-order valence-electron chi connectivity index (χ0n) is 9.56. The van der Waals surface area contributed by atoms with E-state index in [1.54, 1.807) is 7.05 Å². The molecule has 0 aromatic heterocycles. The van der Waals surface area contributed by atoms with E-state index in [2.05, 4.69) is 5.32 Å². The molecule has 4 heteroatoms. The van der Waals surface area contributed by atoms with Crippen molar-refractivity contribution in [3.8, 4) is 5.75 Å². The van der Waals surface area contributed by atoms with Crippen molar-refractivity contribution in [1.29, 1.82) is 0 Å².